The summed E-state index contributed by atoms with van der Waals surface area (Å²) < 4.78 is 34.4. The average molecular weight is 997 g/mol. The van der Waals surface area contributed by atoms with Gasteiger partial charge in [-0.15, -0.1) is 0 Å². The fourth-order valence-corrected chi connectivity index (χ4v) is 9.30. The van der Waals surface area contributed by atoms with Gasteiger partial charge in [-0.05, 0) is 57.8 Å². The van der Waals surface area contributed by atoms with Gasteiger partial charge in [0, 0.05) is 13.0 Å². The van der Waals surface area contributed by atoms with Gasteiger partial charge in [0.25, 0.3) is 0 Å². The Hall–Kier alpha value is -1.96. The molecule has 6 N–H and O–H groups in total. The van der Waals surface area contributed by atoms with E-state index in [-0.39, 0.29) is 13.0 Å². The Balaban J connectivity index is 2.32. The van der Waals surface area contributed by atoms with Crippen molar-refractivity contribution in [3.8, 4) is 0 Å². The summed E-state index contributed by atoms with van der Waals surface area (Å²) in [5.41, 5.74) is 0. The van der Waals surface area contributed by atoms with Crippen LogP contribution in [0.3, 0.4) is 0 Å². The number of carbonyl (C=O) groups excluding carboxylic acids is 1. The Kier molecular flexibility index (Phi) is 43.2. The van der Waals surface area contributed by atoms with E-state index in [0.29, 0.717) is 13.0 Å². The van der Waals surface area contributed by atoms with E-state index in [1.54, 1.807) is 0 Å². The molecule has 13 heteroatoms. The van der Waals surface area contributed by atoms with Gasteiger partial charge < -0.3 is 39.9 Å². The quantitative estimate of drug-likeness (QED) is 0.0147. The highest BCUT2D eigenvalue weighted by Gasteiger charge is 2.51. The lowest BCUT2D eigenvalue weighted by molar-refractivity contribution is -0.220. The zero-order chi connectivity index (χ0) is 50.5. The van der Waals surface area contributed by atoms with Crippen LogP contribution >= 0.6 is 7.82 Å². The zero-order valence-corrected chi connectivity index (χ0v) is 44.2. The fourth-order valence-electron chi connectivity index (χ4n) is 8.33. The van der Waals surface area contributed by atoms with Crippen molar-refractivity contribution in [3.63, 3.8) is 0 Å². The molecule has 0 amide bonds. The van der Waals surface area contributed by atoms with Crippen LogP contribution in [0.1, 0.15) is 226 Å². The first kappa shape index (κ1) is 65.1. The zero-order valence-electron chi connectivity index (χ0n) is 43.4. The van der Waals surface area contributed by atoms with Crippen LogP contribution in [-0.2, 0) is 27.9 Å². The Morgan fingerprint density at radius 1 is 0.478 bits per heavy atom. The van der Waals surface area contributed by atoms with Crippen LogP contribution in [0.25, 0.3) is 0 Å². The molecule has 0 aromatic heterocycles. The number of allylic oxidation sites excluding steroid dienone is 10. The number of ether oxygens (including phenoxy) is 2. The number of phosphoric ester groups is 1. The summed E-state index contributed by atoms with van der Waals surface area (Å²) in [5.74, 6) is -0.493. The molecule has 0 aliphatic heterocycles. The first-order valence-corrected chi connectivity index (χ1v) is 29.1. The Morgan fingerprint density at radius 2 is 0.855 bits per heavy atom. The maximum absolute atomic E-state index is 12.9. The van der Waals surface area contributed by atoms with Gasteiger partial charge in [0.2, 0.25) is 0 Å². The molecule has 0 bridgehead atoms. The smallest absolute Gasteiger partial charge is 0.457 e. The van der Waals surface area contributed by atoms with Crippen molar-refractivity contribution in [2.24, 2.45) is 0 Å². The van der Waals surface area contributed by atoms with Crippen LogP contribution in [0.5, 0.6) is 0 Å². The number of hydrogen-bond acceptors (Lipinski definition) is 11. The summed E-state index contributed by atoms with van der Waals surface area (Å²) in [6, 6.07) is 0. The van der Waals surface area contributed by atoms with E-state index in [9.17, 15) is 39.8 Å². The van der Waals surface area contributed by atoms with Crippen molar-refractivity contribution in [1.82, 2.24) is 0 Å². The van der Waals surface area contributed by atoms with Gasteiger partial charge in [-0.2, -0.15) is 0 Å². The van der Waals surface area contributed by atoms with Crippen LogP contribution < -0.4 is 0 Å². The molecule has 1 aliphatic rings. The molecule has 0 aromatic carbocycles. The Bertz CT molecular complexity index is 1370. The predicted octanol–water partition coefficient (Wildman–Crippen LogP) is 12.9. The standard InChI is InChI=1S/C56H101O12P/c1-3-5-7-9-11-13-15-17-19-21-23-25-27-29-31-33-35-37-39-41-43-45-50(57)67-49(48-66-69(63,64)68-56-54(61)52(59)51(58)53(60)55(56)62)47-65-46-44-42-40-38-36-34-32-30-28-26-24-22-20-18-16-14-12-10-8-6-4-2/h5,7,11,13,17,19,23,25,29,31,49,51-56,58-62H,3-4,6,8-10,12,14-16,18,20-22,24,26-28,30,32-48H2,1-2H3,(H,63,64)/b7-5-,13-11-,19-17-,25-23-,31-29-. The van der Waals surface area contributed by atoms with Crippen molar-refractivity contribution in [1.29, 1.82) is 0 Å². The number of esters is 1. The highest BCUT2D eigenvalue weighted by Crippen LogP contribution is 2.47. The van der Waals surface area contributed by atoms with Crippen LogP contribution in [0, 0.1) is 0 Å². The largest absolute Gasteiger partial charge is 0.472 e. The van der Waals surface area contributed by atoms with Crippen molar-refractivity contribution in [3.05, 3.63) is 60.8 Å². The SMILES string of the molecule is CC/C=C\C/C=C\C/C=C\C/C=C\C/C=C\CCCCCCCC(=O)OC(COCCCCCCCCCCCCCCCCCCCCCCC)COP(=O)(O)OC1C(O)C(O)C(O)C(O)C1O. The Morgan fingerprint density at radius 3 is 1.30 bits per heavy atom. The van der Waals surface area contributed by atoms with Crippen molar-refractivity contribution in [2.45, 2.75) is 268 Å². The van der Waals surface area contributed by atoms with E-state index in [2.05, 4.69) is 74.6 Å². The molecule has 0 radical (unpaired) electrons. The van der Waals surface area contributed by atoms with E-state index < -0.39 is 63.1 Å². The molecule has 6 unspecified atom stereocenters. The molecular weight excluding hydrogens is 896 g/mol. The van der Waals surface area contributed by atoms with Gasteiger partial charge >= 0.3 is 13.8 Å². The maximum Gasteiger partial charge on any atom is 0.472 e. The molecule has 1 fully saturated rings. The van der Waals surface area contributed by atoms with Crippen molar-refractivity contribution in [2.75, 3.05) is 19.8 Å². The minimum absolute atomic E-state index is 0.0843. The van der Waals surface area contributed by atoms with Crippen molar-refractivity contribution < 1.29 is 58.3 Å². The third-order valence-corrected chi connectivity index (χ3v) is 13.6. The molecule has 12 nitrogen and oxygen atoms in total. The number of phosphoric acid groups is 1. The average Bonchev–Trinajstić information content (AvgIpc) is 3.34. The van der Waals surface area contributed by atoms with Gasteiger partial charge in [-0.25, -0.2) is 4.57 Å². The monoisotopic (exact) mass is 997 g/mol. The second-order valence-electron chi connectivity index (χ2n) is 19.1. The number of unbranched alkanes of at least 4 members (excludes halogenated alkanes) is 25. The molecule has 0 heterocycles. The molecule has 1 saturated carbocycles. The summed E-state index contributed by atoms with van der Waals surface area (Å²) in [7, 11) is -5.03. The van der Waals surface area contributed by atoms with Gasteiger partial charge in [-0.1, -0.05) is 222 Å². The van der Waals surface area contributed by atoms with E-state index in [1.165, 1.54) is 116 Å². The fraction of sp³-hybridized carbons (Fsp3) is 0.804. The van der Waals surface area contributed by atoms with Gasteiger partial charge in [0.1, 0.15) is 42.7 Å². The van der Waals surface area contributed by atoms with E-state index in [1.807, 2.05) is 0 Å². The molecule has 1 aliphatic carbocycles. The third-order valence-electron chi connectivity index (χ3n) is 12.7. The van der Waals surface area contributed by atoms with E-state index in [4.69, 9.17) is 18.5 Å². The molecule has 402 valence electrons. The first-order valence-electron chi connectivity index (χ1n) is 27.6. The second-order valence-corrected chi connectivity index (χ2v) is 20.5. The van der Waals surface area contributed by atoms with Gasteiger partial charge in [-0.3, -0.25) is 13.8 Å². The normalized spacial score (nSPS) is 21.4. The minimum atomic E-state index is -5.03. The van der Waals surface area contributed by atoms with Gasteiger partial charge in [0.05, 0.1) is 13.2 Å². The molecule has 69 heavy (non-hydrogen) atoms. The molecule has 1 rings (SSSR count). The van der Waals surface area contributed by atoms with Gasteiger partial charge in [0.15, 0.2) is 0 Å². The van der Waals surface area contributed by atoms with E-state index in [0.717, 1.165) is 83.5 Å². The second kappa shape index (κ2) is 45.9. The minimum Gasteiger partial charge on any atom is -0.457 e. The van der Waals surface area contributed by atoms with Crippen LogP contribution in [0.15, 0.2) is 60.8 Å². The number of carbonyl (C=O) groups is 1. The van der Waals surface area contributed by atoms with Crippen LogP contribution in [0.4, 0.5) is 0 Å². The summed E-state index contributed by atoms with van der Waals surface area (Å²) in [6.45, 7) is 4.16. The lowest BCUT2D eigenvalue weighted by atomic mass is 9.85. The predicted molar refractivity (Wildman–Crippen MR) is 281 cm³/mol. The highest BCUT2D eigenvalue weighted by molar-refractivity contribution is 7.47. The molecule has 6 atom stereocenters. The highest BCUT2D eigenvalue weighted by atomic mass is 31.2. The summed E-state index contributed by atoms with van der Waals surface area (Å²) >= 11 is 0. The number of aliphatic hydroxyl groups excluding tert-OH is 5. The lowest BCUT2D eigenvalue weighted by Gasteiger charge is -2.41. The van der Waals surface area contributed by atoms with Crippen LogP contribution in [-0.4, -0.2) is 98.9 Å². The van der Waals surface area contributed by atoms with Crippen LogP contribution in [0.2, 0.25) is 0 Å². The Labute approximate surface area is 419 Å². The molecular formula is C56H101O12P. The van der Waals surface area contributed by atoms with Crippen molar-refractivity contribution >= 4 is 13.8 Å². The topological polar surface area (TPSA) is 192 Å². The molecule has 0 spiro atoms. The molecule has 0 saturated heterocycles. The number of hydrogen-bond donors (Lipinski definition) is 6. The first-order chi connectivity index (χ1) is 33.5. The summed E-state index contributed by atoms with van der Waals surface area (Å²) in [4.78, 5) is 23.3. The summed E-state index contributed by atoms with van der Waals surface area (Å²) in [5, 5.41) is 50.4. The number of aliphatic hydroxyl groups is 5. The van der Waals surface area contributed by atoms with E-state index >= 15 is 0 Å². The summed E-state index contributed by atoms with van der Waals surface area (Å²) in [6.07, 6.45) is 47.1. The lowest BCUT2D eigenvalue weighted by Crippen LogP contribution is -2.64. The third kappa shape index (κ3) is 37.5. The molecule has 0 aromatic rings. The maximum atomic E-state index is 12.9. The number of rotatable bonds is 47.